The van der Waals surface area contributed by atoms with Gasteiger partial charge in [0.1, 0.15) is 5.03 Å². The average Bonchev–Trinajstić information content (AvgIpc) is 2.72. The number of hydrogen-bond donors (Lipinski definition) is 2. The summed E-state index contributed by atoms with van der Waals surface area (Å²) in [7, 11) is 0. The molecule has 7 heteroatoms. The van der Waals surface area contributed by atoms with Crippen LogP contribution in [0.5, 0.6) is 0 Å². The number of hydrogen-bond acceptors (Lipinski definition) is 5. The second-order valence-electron chi connectivity index (χ2n) is 5.95. The quantitative estimate of drug-likeness (QED) is 0.372. The van der Waals surface area contributed by atoms with E-state index in [1.54, 1.807) is 6.92 Å². The van der Waals surface area contributed by atoms with Crippen LogP contribution >= 0.6 is 11.8 Å². The van der Waals surface area contributed by atoms with E-state index in [0.717, 1.165) is 37.4 Å². The van der Waals surface area contributed by atoms with E-state index < -0.39 is 5.69 Å². The fourth-order valence-corrected chi connectivity index (χ4v) is 3.85. The zero-order valence-corrected chi connectivity index (χ0v) is 14.4. The van der Waals surface area contributed by atoms with E-state index in [4.69, 9.17) is 0 Å². The predicted octanol–water partition coefficient (Wildman–Crippen LogP) is 2.21. The molecular formula is C16H23N3O3S. The van der Waals surface area contributed by atoms with Gasteiger partial charge in [-0.1, -0.05) is 37.4 Å². The second-order valence-corrected chi connectivity index (χ2v) is 6.91. The standard InChI is InChI=1S/C16H23N3O3S/c1-10-14(11(2)20)15(19-16(22)17-10)23-9-13(21)18-12-7-5-3-4-6-8-12/h12H,3-9H2,1-2H3,(H,18,21)(H,17,19,22). The molecule has 1 saturated carbocycles. The number of aromatic nitrogens is 2. The topological polar surface area (TPSA) is 91.9 Å². The van der Waals surface area contributed by atoms with Gasteiger partial charge in [0.2, 0.25) is 5.91 Å². The third kappa shape index (κ3) is 5.20. The number of H-pyrrole nitrogens is 1. The van der Waals surface area contributed by atoms with Crippen molar-refractivity contribution in [1.29, 1.82) is 0 Å². The monoisotopic (exact) mass is 337 g/mol. The lowest BCUT2D eigenvalue weighted by Crippen LogP contribution is -2.35. The Bertz CT molecular complexity index is 634. The van der Waals surface area contributed by atoms with Crippen molar-refractivity contribution >= 4 is 23.5 Å². The van der Waals surface area contributed by atoms with E-state index in [9.17, 15) is 14.4 Å². The minimum Gasteiger partial charge on any atom is -0.353 e. The first-order valence-electron chi connectivity index (χ1n) is 8.01. The molecule has 0 saturated heterocycles. The maximum atomic E-state index is 12.1. The molecule has 1 fully saturated rings. The molecule has 1 amide bonds. The molecule has 2 N–H and O–H groups in total. The number of rotatable bonds is 5. The van der Waals surface area contributed by atoms with Gasteiger partial charge < -0.3 is 10.3 Å². The Hall–Kier alpha value is -1.63. The molecule has 1 aromatic heterocycles. The molecule has 0 aliphatic heterocycles. The van der Waals surface area contributed by atoms with Crippen molar-refractivity contribution in [3.63, 3.8) is 0 Å². The average molecular weight is 337 g/mol. The van der Waals surface area contributed by atoms with Crippen LogP contribution in [-0.2, 0) is 4.79 Å². The molecule has 0 bridgehead atoms. The van der Waals surface area contributed by atoms with Gasteiger partial charge in [0.05, 0.1) is 11.3 Å². The number of aryl methyl sites for hydroxylation is 1. The summed E-state index contributed by atoms with van der Waals surface area (Å²) in [5, 5.41) is 3.38. The molecule has 0 unspecified atom stereocenters. The molecule has 1 aliphatic carbocycles. The molecule has 2 rings (SSSR count). The molecule has 1 aromatic rings. The molecule has 0 radical (unpaired) electrons. The van der Waals surface area contributed by atoms with Crippen LogP contribution in [0.4, 0.5) is 0 Å². The van der Waals surface area contributed by atoms with Crippen LogP contribution in [0.1, 0.15) is 61.5 Å². The van der Waals surface area contributed by atoms with Crippen LogP contribution in [0.2, 0.25) is 0 Å². The highest BCUT2D eigenvalue weighted by Gasteiger charge is 2.18. The van der Waals surface area contributed by atoms with Gasteiger partial charge in [-0.3, -0.25) is 9.59 Å². The van der Waals surface area contributed by atoms with E-state index in [0.29, 0.717) is 16.3 Å². The summed E-state index contributed by atoms with van der Waals surface area (Å²) in [5.74, 6) is -0.0822. The molecule has 23 heavy (non-hydrogen) atoms. The number of amides is 1. The SMILES string of the molecule is CC(=O)c1c(SCC(=O)NC2CCCCCC2)nc(=O)[nH]c1C. The van der Waals surface area contributed by atoms with Gasteiger partial charge in [-0.15, -0.1) is 0 Å². The Morgan fingerprint density at radius 3 is 2.52 bits per heavy atom. The number of Topliss-reactive ketones (excluding diaryl/α,β-unsaturated/α-hetero) is 1. The lowest BCUT2D eigenvalue weighted by atomic mass is 10.1. The molecule has 126 valence electrons. The molecule has 0 spiro atoms. The molecule has 0 aromatic carbocycles. The lowest BCUT2D eigenvalue weighted by molar-refractivity contribution is -0.119. The second kappa shape index (κ2) is 8.29. The van der Waals surface area contributed by atoms with Crippen molar-refractivity contribution in [2.75, 3.05) is 5.75 Å². The Kier molecular flexibility index (Phi) is 6.38. The van der Waals surface area contributed by atoms with Gasteiger partial charge in [-0.25, -0.2) is 4.79 Å². The third-order valence-corrected chi connectivity index (χ3v) is 4.97. The number of nitrogens with one attached hydrogen (secondary N) is 2. The Labute approximate surface area is 139 Å². The number of thioether (sulfide) groups is 1. The maximum Gasteiger partial charge on any atom is 0.346 e. The number of ketones is 1. The number of carbonyl (C=O) groups excluding carboxylic acids is 2. The fourth-order valence-electron chi connectivity index (χ4n) is 2.91. The minimum atomic E-state index is -0.501. The summed E-state index contributed by atoms with van der Waals surface area (Å²) in [6.07, 6.45) is 6.83. The van der Waals surface area contributed by atoms with E-state index in [1.807, 2.05) is 0 Å². The van der Waals surface area contributed by atoms with E-state index in [1.165, 1.54) is 19.8 Å². The van der Waals surface area contributed by atoms with Gasteiger partial charge in [0.25, 0.3) is 0 Å². The van der Waals surface area contributed by atoms with E-state index in [-0.39, 0.29) is 23.5 Å². The first-order valence-corrected chi connectivity index (χ1v) is 9.00. The van der Waals surface area contributed by atoms with Crippen molar-refractivity contribution in [3.8, 4) is 0 Å². The highest BCUT2D eigenvalue weighted by molar-refractivity contribution is 8.00. The number of carbonyl (C=O) groups is 2. The smallest absolute Gasteiger partial charge is 0.346 e. The number of aromatic amines is 1. The first kappa shape index (κ1) is 17.7. The minimum absolute atomic E-state index is 0.0730. The van der Waals surface area contributed by atoms with Gasteiger partial charge >= 0.3 is 5.69 Å². The van der Waals surface area contributed by atoms with Crippen LogP contribution in [0.3, 0.4) is 0 Å². The van der Waals surface area contributed by atoms with Crippen LogP contribution in [0.15, 0.2) is 9.82 Å². The maximum absolute atomic E-state index is 12.1. The zero-order chi connectivity index (χ0) is 16.8. The Morgan fingerprint density at radius 1 is 1.26 bits per heavy atom. The predicted molar refractivity (Wildman–Crippen MR) is 90.0 cm³/mol. The van der Waals surface area contributed by atoms with Crippen LogP contribution in [0, 0.1) is 6.92 Å². The largest absolute Gasteiger partial charge is 0.353 e. The molecule has 1 heterocycles. The van der Waals surface area contributed by atoms with Crippen LogP contribution < -0.4 is 11.0 Å². The van der Waals surface area contributed by atoms with E-state index in [2.05, 4.69) is 15.3 Å². The Balaban J connectivity index is 1.98. The third-order valence-electron chi connectivity index (χ3n) is 4.00. The Morgan fingerprint density at radius 2 is 1.91 bits per heavy atom. The van der Waals surface area contributed by atoms with Crippen molar-refractivity contribution in [3.05, 3.63) is 21.7 Å². The summed E-state index contributed by atoms with van der Waals surface area (Å²) in [4.78, 5) is 41.7. The summed E-state index contributed by atoms with van der Waals surface area (Å²) in [6, 6.07) is 0.242. The van der Waals surface area contributed by atoms with Crippen molar-refractivity contribution < 1.29 is 9.59 Å². The fraction of sp³-hybridized carbons (Fsp3) is 0.625. The summed E-state index contributed by atoms with van der Waals surface area (Å²) in [6.45, 7) is 3.09. The van der Waals surface area contributed by atoms with Gasteiger partial charge in [0, 0.05) is 11.7 Å². The van der Waals surface area contributed by atoms with Crippen molar-refractivity contribution in [1.82, 2.24) is 15.3 Å². The van der Waals surface area contributed by atoms with Crippen molar-refractivity contribution in [2.45, 2.75) is 63.4 Å². The van der Waals surface area contributed by atoms with Crippen LogP contribution in [0.25, 0.3) is 0 Å². The first-order chi connectivity index (χ1) is 11.0. The van der Waals surface area contributed by atoms with Gasteiger partial charge in [-0.2, -0.15) is 4.98 Å². The van der Waals surface area contributed by atoms with Crippen molar-refractivity contribution in [2.24, 2.45) is 0 Å². The normalized spacial score (nSPS) is 15.9. The molecule has 6 nitrogen and oxygen atoms in total. The highest BCUT2D eigenvalue weighted by atomic mass is 32.2. The lowest BCUT2D eigenvalue weighted by Gasteiger charge is -2.16. The molecule has 0 atom stereocenters. The zero-order valence-electron chi connectivity index (χ0n) is 13.6. The van der Waals surface area contributed by atoms with E-state index >= 15 is 0 Å². The molecular weight excluding hydrogens is 314 g/mol. The van der Waals surface area contributed by atoms with Crippen LogP contribution in [-0.4, -0.2) is 33.5 Å². The van der Waals surface area contributed by atoms with Gasteiger partial charge in [0.15, 0.2) is 5.78 Å². The summed E-state index contributed by atoms with van der Waals surface area (Å²) < 4.78 is 0. The number of nitrogens with zero attached hydrogens (tertiary/aromatic N) is 1. The summed E-state index contributed by atoms with van der Waals surface area (Å²) in [5.41, 5.74) is 0.375. The van der Waals surface area contributed by atoms with Gasteiger partial charge in [-0.05, 0) is 26.7 Å². The highest BCUT2D eigenvalue weighted by Crippen LogP contribution is 2.22. The summed E-state index contributed by atoms with van der Waals surface area (Å²) >= 11 is 1.14. The molecule has 1 aliphatic rings.